The molecule has 322 valence electrons. The van der Waals surface area contributed by atoms with E-state index in [0.29, 0.717) is 71.7 Å². The predicted molar refractivity (Wildman–Crippen MR) is 233 cm³/mol. The molecule has 8 aromatic rings. The number of aromatic nitrogens is 9. The first kappa shape index (κ1) is 39.1. The Labute approximate surface area is 360 Å². The Kier molecular flexibility index (Phi) is 8.59. The molecule has 0 bridgehead atoms. The molecule has 1 N–H and O–H groups in total. The fourth-order valence-corrected chi connectivity index (χ4v) is 10.4. The lowest BCUT2D eigenvalue weighted by Crippen LogP contribution is -2.41. The number of ether oxygens (including phenoxy) is 1. The van der Waals surface area contributed by atoms with Crippen LogP contribution >= 0.6 is 0 Å². The second kappa shape index (κ2) is 13.8. The first-order valence-corrected chi connectivity index (χ1v) is 21.5. The van der Waals surface area contributed by atoms with Crippen LogP contribution in [0.3, 0.4) is 0 Å². The van der Waals surface area contributed by atoms with Gasteiger partial charge in [-0.15, -0.1) is 0 Å². The van der Waals surface area contributed by atoms with Crippen LogP contribution in [0.1, 0.15) is 97.6 Å². The topological polar surface area (TPSA) is 156 Å². The number of carbonyl (C=O) groups is 1. The molecule has 1 saturated carbocycles. The number of H-pyrrole nitrogens is 1. The average molecular weight is 851 g/mol. The van der Waals surface area contributed by atoms with Gasteiger partial charge >= 0.3 is 11.4 Å². The number of carbonyl (C=O) groups excluding carboxylic acids is 1. The molecule has 7 heterocycles. The van der Waals surface area contributed by atoms with E-state index in [-0.39, 0.29) is 28.9 Å². The van der Waals surface area contributed by atoms with E-state index in [0.717, 1.165) is 40.3 Å². The maximum absolute atomic E-state index is 15.5. The van der Waals surface area contributed by atoms with Crippen LogP contribution in [0.4, 0.5) is 4.39 Å². The fourth-order valence-electron chi connectivity index (χ4n) is 10.4. The molecule has 4 atom stereocenters. The molecular formula is C47H47FN10O5. The van der Waals surface area contributed by atoms with Gasteiger partial charge in [-0.25, -0.2) is 18.7 Å². The summed E-state index contributed by atoms with van der Waals surface area (Å²) in [5, 5.41) is 15.4. The summed E-state index contributed by atoms with van der Waals surface area (Å²) in [7, 11) is 1.87. The van der Waals surface area contributed by atoms with Crippen molar-refractivity contribution in [2.24, 2.45) is 13.0 Å². The van der Waals surface area contributed by atoms with Crippen LogP contribution < -0.4 is 11.4 Å². The van der Waals surface area contributed by atoms with Crippen LogP contribution in [0.25, 0.3) is 39.0 Å². The molecule has 3 aromatic carbocycles. The SMILES string of the molecule is Cc1cc(-n2nc3c(c2-n2ccn(-c4ccc5c(cnn5C)c4)c2=O)[C@H](C)N(C(=O)c2cc4cc(C5CCOC(C)(C)C5)ccc4n2[C@@]2(c4noc(=O)[nH]4)C[C@@H]2C)CC3)ccc1F. The largest absolute Gasteiger partial charge is 0.438 e. The van der Waals surface area contributed by atoms with Gasteiger partial charge in [0.15, 0.2) is 5.82 Å². The zero-order valence-corrected chi connectivity index (χ0v) is 35.9. The smallest absolute Gasteiger partial charge is 0.376 e. The van der Waals surface area contributed by atoms with Crippen molar-refractivity contribution in [3.8, 4) is 17.2 Å². The monoisotopic (exact) mass is 850 g/mol. The van der Waals surface area contributed by atoms with E-state index in [4.69, 9.17) is 14.4 Å². The maximum Gasteiger partial charge on any atom is 0.438 e. The molecule has 63 heavy (non-hydrogen) atoms. The number of benzene rings is 3. The first-order valence-electron chi connectivity index (χ1n) is 21.5. The number of halogens is 1. The van der Waals surface area contributed by atoms with E-state index in [1.54, 1.807) is 56.1 Å². The number of hydrogen-bond acceptors (Lipinski definition) is 8. The maximum atomic E-state index is 15.5. The zero-order valence-electron chi connectivity index (χ0n) is 35.9. The van der Waals surface area contributed by atoms with Crippen molar-refractivity contribution in [1.29, 1.82) is 0 Å². The van der Waals surface area contributed by atoms with Crippen molar-refractivity contribution >= 4 is 27.7 Å². The summed E-state index contributed by atoms with van der Waals surface area (Å²) in [5.41, 5.74) is 5.13. The first-order chi connectivity index (χ1) is 30.2. The van der Waals surface area contributed by atoms with Gasteiger partial charge in [0.2, 0.25) is 0 Å². The third-order valence-electron chi connectivity index (χ3n) is 13.8. The number of fused-ring (bicyclic) bond motifs is 3. The van der Waals surface area contributed by atoms with Crippen LogP contribution in [0, 0.1) is 18.7 Å². The Morgan fingerprint density at radius 3 is 2.46 bits per heavy atom. The van der Waals surface area contributed by atoms with Crippen molar-refractivity contribution < 1.29 is 18.4 Å². The molecule has 2 fully saturated rings. The predicted octanol–water partition coefficient (Wildman–Crippen LogP) is 6.99. The Balaban J connectivity index is 1.05. The normalized spacial score (nSPS) is 22.0. The van der Waals surface area contributed by atoms with Crippen molar-refractivity contribution in [3.05, 3.63) is 140 Å². The quantitative estimate of drug-likeness (QED) is 0.180. The second-order valence-corrected chi connectivity index (χ2v) is 18.2. The molecule has 1 unspecified atom stereocenters. The second-order valence-electron chi connectivity index (χ2n) is 18.2. The van der Waals surface area contributed by atoms with E-state index in [9.17, 15) is 14.0 Å². The number of imidazole rings is 1. The summed E-state index contributed by atoms with van der Waals surface area (Å²) in [6, 6.07) is 18.3. The lowest BCUT2D eigenvalue weighted by Gasteiger charge is -2.35. The highest BCUT2D eigenvalue weighted by atomic mass is 19.1. The van der Waals surface area contributed by atoms with Crippen LogP contribution in [-0.2, 0) is 23.7 Å². The minimum absolute atomic E-state index is 0.0283. The van der Waals surface area contributed by atoms with Gasteiger partial charge in [-0.05, 0) is 125 Å². The van der Waals surface area contributed by atoms with E-state index in [2.05, 4.69) is 58.8 Å². The average Bonchev–Trinajstić information content (AvgIpc) is 3.89. The standard InChI is InChI=1S/C47H47FN10O5/c1-26-19-34(8-10-35(26)48)58-41(56-17-16-55(45(56)61)33-9-12-37-32(21-33)25-49-53(37)6)40-28(3)54(15-13-36(40)51-58)42(59)39-22-31-20-29(30-14-18-62-46(4,5)24-30)7-11-38(31)57(39)47(23-27(47)2)43-50-44(60)63-52-43/h7-12,16-17,19-22,25,27-28,30H,13-15,18,23-24H2,1-6H3,(H,50,52,60)/t27-,28-,30?,47-/m0/s1. The molecule has 15 nitrogen and oxygen atoms in total. The summed E-state index contributed by atoms with van der Waals surface area (Å²) in [6.45, 7) is 11.0. The highest BCUT2D eigenvalue weighted by Gasteiger charge is 2.59. The van der Waals surface area contributed by atoms with Crippen molar-refractivity contribution in [3.63, 3.8) is 0 Å². The third kappa shape index (κ3) is 6.01. The Hall–Kier alpha value is -6.81. The van der Waals surface area contributed by atoms with Crippen molar-refractivity contribution in [2.45, 2.75) is 83.4 Å². The van der Waals surface area contributed by atoms with Crippen LogP contribution in [-0.4, -0.2) is 73.0 Å². The van der Waals surface area contributed by atoms with E-state index >= 15 is 4.79 Å². The zero-order chi connectivity index (χ0) is 43.7. The number of nitrogens with one attached hydrogen (secondary N) is 1. The van der Waals surface area contributed by atoms with Crippen molar-refractivity contribution in [1.82, 2.24) is 48.3 Å². The summed E-state index contributed by atoms with van der Waals surface area (Å²) >= 11 is 0. The van der Waals surface area contributed by atoms with Crippen molar-refractivity contribution in [2.75, 3.05) is 13.2 Å². The van der Waals surface area contributed by atoms with Gasteiger partial charge in [0.05, 0.1) is 40.4 Å². The minimum atomic E-state index is -0.823. The highest BCUT2D eigenvalue weighted by Crippen LogP contribution is 2.56. The summed E-state index contributed by atoms with van der Waals surface area (Å²) in [6.07, 6.45) is 8.00. The highest BCUT2D eigenvalue weighted by molar-refractivity contribution is 6.00. The molecule has 1 saturated heterocycles. The van der Waals surface area contributed by atoms with Crippen LogP contribution in [0.2, 0.25) is 0 Å². The van der Waals surface area contributed by atoms with E-state index in [1.165, 1.54) is 11.6 Å². The number of aromatic amines is 1. The third-order valence-corrected chi connectivity index (χ3v) is 13.8. The molecule has 1 amide bonds. The van der Waals surface area contributed by atoms with Gasteiger partial charge in [0, 0.05) is 60.9 Å². The molecule has 0 spiro atoms. The van der Waals surface area contributed by atoms with Gasteiger partial charge in [0.25, 0.3) is 5.91 Å². The molecular weight excluding hydrogens is 804 g/mol. The Morgan fingerprint density at radius 2 is 1.71 bits per heavy atom. The van der Waals surface area contributed by atoms with Gasteiger partial charge in [-0.2, -0.15) is 10.2 Å². The molecule has 0 radical (unpaired) electrons. The lowest BCUT2D eigenvalue weighted by molar-refractivity contribution is -0.0592. The fraction of sp³-hybridized carbons (Fsp3) is 0.362. The number of rotatable bonds is 7. The van der Waals surface area contributed by atoms with Gasteiger partial charge in [-0.1, -0.05) is 18.1 Å². The Bertz CT molecular complexity index is 3290. The molecule has 2 aliphatic heterocycles. The number of aryl methyl sites for hydroxylation is 2. The molecule has 5 aromatic heterocycles. The number of nitrogens with zero attached hydrogens (tertiary/aromatic N) is 9. The van der Waals surface area contributed by atoms with E-state index in [1.807, 2.05) is 43.1 Å². The Morgan fingerprint density at radius 1 is 0.937 bits per heavy atom. The molecule has 1 aliphatic carbocycles. The summed E-state index contributed by atoms with van der Waals surface area (Å²) < 4.78 is 34.5. The van der Waals surface area contributed by atoms with Gasteiger partial charge in [-0.3, -0.25) is 28.1 Å². The molecule has 3 aliphatic rings. The summed E-state index contributed by atoms with van der Waals surface area (Å²) in [4.78, 5) is 47.2. The molecule has 11 rings (SSSR count). The number of amides is 1. The van der Waals surface area contributed by atoms with E-state index < -0.39 is 17.3 Å². The minimum Gasteiger partial charge on any atom is -0.376 e. The molecule has 16 heteroatoms. The van der Waals surface area contributed by atoms with Gasteiger partial charge in [0.1, 0.15) is 22.9 Å². The number of hydrogen-bond donors (Lipinski definition) is 1. The van der Waals surface area contributed by atoms with Crippen LogP contribution in [0.15, 0.2) is 93.4 Å². The summed E-state index contributed by atoms with van der Waals surface area (Å²) in [5.74, 6) is -0.0676. The van der Waals surface area contributed by atoms with Crippen LogP contribution in [0.5, 0.6) is 0 Å². The lowest BCUT2D eigenvalue weighted by atomic mass is 9.83. The van der Waals surface area contributed by atoms with Gasteiger partial charge < -0.3 is 14.2 Å².